The molecule has 2 N–H and O–H groups in total. The molecule has 116 valence electrons. The third kappa shape index (κ3) is 2.82. The van der Waals surface area contributed by atoms with Crippen LogP contribution >= 0.6 is 22.9 Å². The molecule has 3 rings (SSSR count). The second-order valence-corrected chi connectivity index (χ2v) is 6.66. The van der Waals surface area contributed by atoms with Crippen LogP contribution in [0.15, 0.2) is 23.6 Å². The number of hydrogen-bond donors (Lipinski definition) is 2. The van der Waals surface area contributed by atoms with Crippen LogP contribution in [-0.4, -0.2) is 35.7 Å². The van der Waals surface area contributed by atoms with Gasteiger partial charge in [-0.05, 0) is 34.5 Å². The summed E-state index contributed by atoms with van der Waals surface area (Å²) in [5, 5.41) is 15.4. The minimum Gasteiger partial charge on any atom is -0.479 e. The Morgan fingerprint density at radius 2 is 2.27 bits per heavy atom. The molecule has 2 aromatic rings. The highest BCUT2D eigenvalue weighted by molar-refractivity contribution is 7.17. The number of ether oxygens (including phenoxy) is 1. The van der Waals surface area contributed by atoms with Crippen LogP contribution in [0.25, 0.3) is 10.1 Å². The Morgan fingerprint density at radius 1 is 1.45 bits per heavy atom. The molecule has 1 aromatic carbocycles. The summed E-state index contributed by atoms with van der Waals surface area (Å²) in [4.78, 5) is 23.7. The summed E-state index contributed by atoms with van der Waals surface area (Å²) in [6.45, 7) is 0.341. The summed E-state index contributed by atoms with van der Waals surface area (Å²) in [6, 6.07) is 5.54. The average molecular weight is 340 g/mol. The molecular formula is C15H14ClNO4S. The maximum Gasteiger partial charge on any atom is 0.331 e. The van der Waals surface area contributed by atoms with E-state index in [0.29, 0.717) is 11.6 Å². The number of aliphatic carboxylic acids is 1. The number of benzene rings is 1. The normalized spacial score (nSPS) is 21.1. The molecule has 1 saturated heterocycles. The number of hydrogen-bond acceptors (Lipinski definition) is 4. The van der Waals surface area contributed by atoms with Gasteiger partial charge in [0.25, 0.3) is 0 Å². The lowest BCUT2D eigenvalue weighted by Crippen LogP contribution is -2.55. The fraction of sp³-hybridized carbons (Fsp3) is 0.333. The Labute approximate surface area is 135 Å². The Balaban J connectivity index is 1.78. The number of carbonyl (C=O) groups excluding carboxylic acids is 1. The molecule has 5 nitrogen and oxygen atoms in total. The number of fused-ring (bicyclic) bond motifs is 1. The molecule has 1 aliphatic rings. The van der Waals surface area contributed by atoms with Crippen LogP contribution in [0.3, 0.4) is 0 Å². The van der Waals surface area contributed by atoms with Gasteiger partial charge in [-0.3, -0.25) is 4.79 Å². The van der Waals surface area contributed by atoms with Gasteiger partial charge < -0.3 is 15.2 Å². The van der Waals surface area contributed by atoms with E-state index < -0.39 is 11.5 Å². The van der Waals surface area contributed by atoms with Crippen molar-refractivity contribution in [1.82, 2.24) is 5.32 Å². The van der Waals surface area contributed by atoms with Gasteiger partial charge in [-0.15, -0.1) is 11.3 Å². The van der Waals surface area contributed by atoms with Crippen LogP contribution in [0, 0.1) is 0 Å². The van der Waals surface area contributed by atoms with Crippen molar-refractivity contribution in [2.45, 2.75) is 18.4 Å². The van der Waals surface area contributed by atoms with Crippen LogP contribution in [0.2, 0.25) is 5.02 Å². The second-order valence-electron chi connectivity index (χ2n) is 5.32. The van der Waals surface area contributed by atoms with Gasteiger partial charge in [0.2, 0.25) is 5.91 Å². The van der Waals surface area contributed by atoms with Gasteiger partial charge in [0, 0.05) is 22.8 Å². The van der Waals surface area contributed by atoms with E-state index in [1.807, 2.05) is 17.5 Å². The van der Waals surface area contributed by atoms with Gasteiger partial charge in [-0.25, -0.2) is 4.79 Å². The molecule has 0 bridgehead atoms. The number of carboxylic acid groups (broad SMARTS) is 1. The molecule has 0 saturated carbocycles. The van der Waals surface area contributed by atoms with Gasteiger partial charge in [-0.1, -0.05) is 11.6 Å². The highest BCUT2D eigenvalue weighted by Gasteiger charge is 2.43. The van der Waals surface area contributed by atoms with Gasteiger partial charge in [-0.2, -0.15) is 0 Å². The Hall–Kier alpha value is -1.63. The number of amides is 1. The zero-order valence-corrected chi connectivity index (χ0v) is 13.2. The van der Waals surface area contributed by atoms with Crippen molar-refractivity contribution >= 4 is 44.9 Å². The number of rotatable bonds is 4. The molecule has 1 aromatic heterocycles. The molecule has 0 radical (unpaired) electrons. The van der Waals surface area contributed by atoms with Crippen LogP contribution in [0.5, 0.6) is 0 Å². The van der Waals surface area contributed by atoms with Crippen molar-refractivity contribution in [1.29, 1.82) is 0 Å². The average Bonchev–Trinajstić information content (AvgIpc) is 3.07. The minimum absolute atomic E-state index is 0.00425. The van der Waals surface area contributed by atoms with E-state index in [9.17, 15) is 14.7 Å². The number of nitrogens with one attached hydrogen (secondary N) is 1. The number of halogens is 1. The Morgan fingerprint density at radius 3 is 2.95 bits per heavy atom. The first-order valence-electron chi connectivity index (χ1n) is 6.78. The minimum atomic E-state index is -1.31. The van der Waals surface area contributed by atoms with E-state index in [1.165, 1.54) is 11.3 Å². The molecule has 0 aliphatic carbocycles. The number of thiophene rings is 1. The standard InChI is InChI=1S/C15H14ClNO4S/c16-10-1-2-12-11(6-10)9(7-22-12)5-13(18)17-15(14(19)20)3-4-21-8-15/h1-2,6-7H,3-5,8H2,(H,17,18)(H,19,20). The molecule has 1 fully saturated rings. The summed E-state index contributed by atoms with van der Waals surface area (Å²) in [5.41, 5.74) is -0.458. The fourth-order valence-electron chi connectivity index (χ4n) is 2.56. The second kappa shape index (κ2) is 5.87. The first-order chi connectivity index (χ1) is 10.5. The van der Waals surface area contributed by atoms with E-state index >= 15 is 0 Å². The summed E-state index contributed by atoms with van der Waals surface area (Å²) in [5.74, 6) is -1.39. The zero-order valence-electron chi connectivity index (χ0n) is 11.6. The van der Waals surface area contributed by atoms with E-state index in [0.717, 1.165) is 15.6 Å². The number of carbonyl (C=O) groups is 2. The monoisotopic (exact) mass is 339 g/mol. The van der Waals surface area contributed by atoms with Crippen LogP contribution in [0.4, 0.5) is 0 Å². The first kappa shape index (κ1) is 15.3. The fourth-order valence-corrected chi connectivity index (χ4v) is 3.68. The van der Waals surface area contributed by atoms with Crippen molar-refractivity contribution in [2.24, 2.45) is 0 Å². The molecule has 22 heavy (non-hydrogen) atoms. The lowest BCUT2D eigenvalue weighted by atomic mass is 9.98. The van der Waals surface area contributed by atoms with Gasteiger partial charge in [0.05, 0.1) is 13.0 Å². The lowest BCUT2D eigenvalue weighted by molar-refractivity contribution is -0.147. The van der Waals surface area contributed by atoms with Crippen LogP contribution < -0.4 is 5.32 Å². The van der Waals surface area contributed by atoms with Gasteiger partial charge >= 0.3 is 5.97 Å². The predicted octanol–water partition coefficient (Wildman–Crippen LogP) is 2.46. The number of carboxylic acids is 1. The van der Waals surface area contributed by atoms with Crippen molar-refractivity contribution in [3.05, 3.63) is 34.2 Å². The smallest absolute Gasteiger partial charge is 0.331 e. The molecule has 1 unspecified atom stereocenters. The maximum atomic E-state index is 12.2. The highest BCUT2D eigenvalue weighted by Crippen LogP contribution is 2.29. The molecule has 0 spiro atoms. The summed E-state index contributed by atoms with van der Waals surface area (Å²) < 4.78 is 6.18. The quantitative estimate of drug-likeness (QED) is 0.897. The summed E-state index contributed by atoms with van der Waals surface area (Å²) >= 11 is 7.53. The molecule has 7 heteroatoms. The zero-order chi connectivity index (χ0) is 15.7. The third-order valence-corrected chi connectivity index (χ3v) is 5.02. The van der Waals surface area contributed by atoms with Crippen molar-refractivity contribution < 1.29 is 19.4 Å². The van der Waals surface area contributed by atoms with Crippen molar-refractivity contribution in [2.75, 3.05) is 13.2 Å². The molecule has 1 amide bonds. The topological polar surface area (TPSA) is 75.6 Å². The van der Waals surface area contributed by atoms with Crippen molar-refractivity contribution in [3.63, 3.8) is 0 Å². The summed E-state index contributed by atoms with van der Waals surface area (Å²) in [7, 11) is 0. The van der Waals surface area contributed by atoms with Crippen LogP contribution in [0.1, 0.15) is 12.0 Å². The lowest BCUT2D eigenvalue weighted by Gasteiger charge is -2.23. The Bertz CT molecular complexity index is 736. The molecule has 1 aliphatic heterocycles. The molecular weight excluding hydrogens is 326 g/mol. The van der Waals surface area contributed by atoms with Crippen LogP contribution in [-0.2, 0) is 20.7 Å². The maximum absolute atomic E-state index is 12.2. The predicted molar refractivity (Wildman–Crippen MR) is 84.5 cm³/mol. The third-order valence-electron chi connectivity index (χ3n) is 3.78. The van der Waals surface area contributed by atoms with E-state index in [4.69, 9.17) is 16.3 Å². The van der Waals surface area contributed by atoms with Gasteiger partial charge in [0.15, 0.2) is 5.54 Å². The molecule has 2 heterocycles. The van der Waals surface area contributed by atoms with Gasteiger partial charge in [0.1, 0.15) is 0 Å². The Kier molecular flexibility index (Phi) is 4.08. The summed E-state index contributed by atoms with van der Waals surface area (Å²) in [6.07, 6.45) is 0.402. The molecule has 1 atom stereocenters. The first-order valence-corrected chi connectivity index (χ1v) is 8.04. The van der Waals surface area contributed by atoms with E-state index in [2.05, 4.69) is 5.32 Å². The SMILES string of the molecule is O=C(Cc1csc2ccc(Cl)cc12)NC1(C(=O)O)CCOC1. The highest BCUT2D eigenvalue weighted by atomic mass is 35.5. The van der Waals surface area contributed by atoms with E-state index in [1.54, 1.807) is 6.07 Å². The largest absolute Gasteiger partial charge is 0.479 e. The van der Waals surface area contributed by atoms with Crippen molar-refractivity contribution in [3.8, 4) is 0 Å². The van der Waals surface area contributed by atoms with E-state index in [-0.39, 0.29) is 25.4 Å².